The number of hydrogen-bond acceptors (Lipinski definition) is 5. The number of thiophene rings is 1. The number of benzene rings is 2. The van der Waals surface area contributed by atoms with Crippen LogP contribution in [0.25, 0.3) is 20.7 Å². The quantitative estimate of drug-likeness (QED) is 0.219. The van der Waals surface area contributed by atoms with E-state index in [4.69, 9.17) is 4.98 Å². The molecule has 2 aromatic carbocycles. The van der Waals surface area contributed by atoms with Gasteiger partial charge in [0.15, 0.2) is 5.16 Å². The second-order valence-corrected chi connectivity index (χ2v) is 9.42. The van der Waals surface area contributed by atoms with Crippen molar-refractivity contribution in [1.29, 1.82) is 0 Å². The number of aromatic nitrogens is 2. The molecule has 162 valence electrons. The van der Waals surface area contributed by atoms with Gasteiger partial charge in [-0.3, -0.25) is 14.2 Å². The summed E-state index contributed by atoms with van der Waals surface area (Å²) in [6, 6.07) is 17.7. The number of carbonyl (C=O) groups is 1. The topological polar surface area (TPSA) is 64.0 Å². The van der Waals surface area contributed by atoms with Gasteiger partial charge < -0.3 is 5.32 Å². The third-order valence-corrected chi connectivity index (χ3v) is 7.23. The van der Waals surface area contributed by atoms with Crippen LogP contribution in [0.1, 0.15) is 11.1 Å². The van der Waals surface area contributed by atoms with Crippen molar-refractivity contribution < 1.29 is 4.79 Å². The first-order chi connectivity index (χ1) is 15.5. The molecule has 7 heteroatoms. The molecule has 5 nitrogen and oxygen atoms in total. The number of nitrogens with one attached hydrogen (secondary N) is 1. The fourth-order valence-corrected chi connectivity index (χ4v) is 5.14. The number of anilines is 1. The van der Waals surface area contributed by atoms with Gasteiger partial charge in [0.1, 0.15) is 4.70 Å². The van der Waals surface area contributed by atoms with Crippen LogP contribution in [-0.4, -0.2) is 21.2 Å². The van der Waals surface area contributed by atoms with E-state index in [1.54, 1.807) is 10.6 Å². The fraction of sp³-hybridized carbons (Fsp3) is 0.160. The summed E-state index contributed by atoms with van der Waals surface area (Å²) < 4.78 is 2.18. The molecule has 4 rings (SSSR count). The largest absolute Gasteiger partial charge is 0.325 e. The standard InChI is InChI=1S/C25H23N3O2S2/c1-4-12-28-24(30)23-20(14-21(32-23)18-8-6-5-7-9-18)27-25(28)31-15-22(29)26-19-11-10-16(2)17(3)13-19/h4-11,13-14H,1,12,15H2,2-3H3,(H,26,29). The van der Waals surface area contributed by atoms with Crippen LogP contribution in [0.5, 0.6) is 0 Å². The van der Waals surface area contributed by atoms with Crippen LogP contribution in [0.2, 0.25) is 0 Å². The predicted molar refractivity (Wildman–Crippen MR) is 135 cm³/mol. The molecule has 0 saturated heterocycles. The Bertz CT molecular complexity index is 1360. The number of thioether (sulfide) groups is 1. The zero-order chi connectivity index (χ0) is 22.7. The Labute approximate surface area is 194 Å². The van der Waals surface area contributed by atoms with E-state index < -0.39 is 0 Å². The van der Waals surface area contributed by atoms with Gasteiger partial charge >= 0.3 is 0 Å². The van der Waals surface area contributed by atoms with Gasteiger partial charge in [-0.15, -0.1) is 17.9 Å². The van der Waals surface area contributed by atoms with Crippen molar-refractivity contribution in [3.05, 3.63) is 88.7 Å². The summed E-state index contributed by atoms with van der Waals surface area (Å²) in [7, 11) is 0. The van der Waals surface area contributed by atoms with Crippen LogP contribution in [0, 0.1) is 13.8 Å². The molecule has 0 bridgehead atoms. The molecule has 0 spiro atoms. The Morgan fingerprint density at radius 1 is 1.16 bits per heavy atom. The van der Waals surface area contributed by atoms with Crippen molar-refractivity contribution in [1.82, 2.24) is 9.55 Å². The zero-order valence-electron chi connectivity index (χ0n) is 17.9. The summed E-state index contributed by atoms with van der Waals surface area (Å²) in [5.74, 6) is 0.00516. The molecule has 1 N–H and O–H groups in total. The number of rotatable bonds is 7. The monoisotopic (exact) mass is 461 g/mol. The Morgan fingerprint density at radius 3 is 2.66 bits per heavy atom. The highest BCUT2D eigenvalue weighted by Crippen LogP contribution is 2.32. The van der Waals surface area contributed by atoms with Crippen LogP contribution in [0.4, 0.5) is 5.69 Å². The number of aryl methyl sites for hydroxylation is 2. The van der Waals surface area contributed by atoms with E-state index in [1.165, 1.54) is 28.7 Å². The number of fused-ring (bicyclic) bond motifs is 1. The minimum Gasteiger partial charge on any atom is -0.325 e. The first-order valence-electron chi connectivity index (χ1n) is 10.2. The average Bonchev–Trinajstić information content (AvgIpc) is 3.22. The summed E-state index contributed by atoms with van der Waals surface area (Å²) >= 11 is 2.69. The van der Waals surface area contributed by atoms with E-state index in [9.17, 15) is 9.59 Å². The maximum atomic E-state index is 13.2. The Morgan fingerprint density at radius 2 is 1.94 bits per heavy atom. The van der Waals surface area contributed by atoms with Gasteiger partial charge in [0.25, 0.3) is 5.56 Å². The number of allylic oxidation sites excluding steroid dienone is 1. The van der Waals surface area contributed by atoms with E-state index in [-0.39, 0.29) is 17.2 Å². The van der Waals surface area contributed by atoms with Gasteiger partial charge in [-0.2, -0.15) is 0 Å². The molecule has 0 radical (unpaired) electrons. The van der Waals surface area contributed by atoms with E-state index in [2.05, 4.69) is 11.9 Å². The van der Waals surface area contributed by atoms with Crippen LogP contribution in [0.15, 0.2) is 77.2 Å². The molecule has 0 aliphatic heterocycles. The van der Waals surface area contributed by atoms with Gasteiger partial charge in [-0.05, 0) is 48.7 Å². The smallest absolute Gasteiger partial charge is 0.272 e. The maximum absolute atomic E-state index is 13.2. The highest BCUT2D eigenvalue weighted by Gasteiger charge is 2.16. The van der Waals surface area contributed by atoms with Crippen LogP contribution in [0.3, 0.4) is 0 Å². The Hall–Kier alpha value is -3.16. The van der Waals surface area contributed by atoms with Crippen molar-refractivity contribution in [3.8, 4) is 10.4 Å². The van der Waals surface area contributed by atoms with Crippen LogP contribution < -0.4 is 10.9 Å². The fourth-order valence-electron chi connectivity index (χ4n) is 3.28. The molecular formula is C25H23N3O2S2. The van der Waals surface area contributed by atoms with Crippen molar-refractivity contribution >= 4 is 44.9 Å². The van der Waals surface area contributed by atoms with Gasteiger partial charge in [0.05, 0.1) is 11.3 Å². The highest BCUT2D eigenvalue weighted by atomic mass is 32.2. The molecule has 1 amide bonds. The van der Waals surface area contributed by atoms with Crippen molar-refractivity contribution in [2.75, 3.05) is 11.1 Å². The number of carbonyl (C=O) groups excluding carboxylic acids is 1. The van der Waals surface area contributed by atoms with Gasteiger partial charge in [0, 0.05) is 17.1 Å². The second-order valence-electron chi connectivity index (χ2n) is 7.43. The average molecular weight is 462 g/mol. The predicted octanol–water partition coefficient (Wildman–Crippen LogP) is 5.66. The molecule has 0 fully saturated rings. The number of amides is 1. The third kappa shape index (κ3) is 4.69. The lowest BCUT2D eigenvalue weighted by atomic mass is 10.1. The number of nitrogens with zero attached hydrogens (tertiary/aromatic N) is 2. The van der Waals surface area contributed by atoms with Crippen molar-refractivity contribution in [2.45, 2.75) is 25.5 Å². The Kier molecular flexibility index (Phi) is 6.58. The van der Waals surface area contributed by atoms with E-state index in [0.29, 0.717) is 21.9 Å². The van der Waals surface area contributed by atoms with Gasteiger partial charge in [-0.25, -0.2) is 4.98 Å². The SMILES string of the molecule is C=CCn1c(SCC(=O)Nc2ccc(C)c(C)c2)nc2cc(-c3ccccc3)sc2c1=O. The van der Waals surface area contributed by atoms with Crippen LogP contribution >= 0.6 is 23.1 Å². The van der Waals surface area contributed by atoms with Crippen molar-refractivity contribution in [3.63, 3.8) is 0 Å². The summed E-state index contributed by atoms with van der Waals surface area (Å²) in [4.78, 5) is 31.4. The van der Waals surface area contributed by atoms with Gasteiger partial charge in [0.2, 0.25) is 5.91 Å². The molecule has 0 saturated carbocycles. The summed E-state index contributed by atoms with van der Waals surface area (Å²) in [5, 5.41) is 3.43. The summed E-state index contributed by atoms with van der Waals surface area (Å²) in [6.45, 7) is 8.14. The normalized spacial score (nSPS) is 10.9. The molecular weight excluding hydrogens is 438 g/mol. The van der Waals surface area contributed by atoms with E-state index in [1.807, 2.05) is 68.4 Å². The van der Waals surface area contributed by atoms with Crippen LogP contribution in [-0.2, 0) is 11.3 Å². The third-order valence-electron chi connectivity index (χ3n) is 5.09. The molecule has 2 heterocycles. The lowest BCUT2D eigenvalue weighted by Gasteiger charge is -2.10. The summed E-state index contributed by atoms with van der Waals surface area (Å²) in [6.07, 6.45) is 1.67. The van der Waals surface area contributed by atoms with E-state index in [0.717, 1.165) is 21.7 Å². The lowest BCUT2D eigenvalue weighted by molar-refractivity contribution is -0.113. The molecule has 4 aromatic rings. The highest BCUT2D eigenvalue weighted by molar-refractivity contribution is 7.99. The zero-order valence-corrected chi connectivity index (χ0v) is 19.6. The lowest BCUT2D eigenvalue weighted by Crippen LogP contribution is -2.23. The molecule has 0 aliphatic carbocycles. The van der Waals surface area contributed by atoms with Gasteiger partial charge in [-0.1, -0.05) is 54.2 Å². The summed E-state index contributed by atoms with van der Waals surface area (Å²) in [5.41, 5.74) is 4.64. The molecule has 2 aromatic heterocycles. The second kappa shape index (κ2) is 9.54. The molecule has 0 unspecified atom stereocenters. The maximum Gasteiger partial charge on any atom is 0.272 e. The first-order valence-corrected chi connectivity index (χ1v) is 12.0. The van der Waals surface area contributed by atoms with Crippen molar-refractivity contribution in [2.24, 2.45) is 0 Å². The number of hydrogen-bond donors (Lipinski definition) is 1. The first kappa shape index (κ1) is 22.0. The molecule has 0 aliphatic rings. The minimum atomic E-state index is -0.145. The molecule has 0 atom stereocenters. The minimum absolute atomic E-state index is 0.112. The Balaban J connectivity index is 1.60. The van der Waals surface area contributed by atoms with E-state index >= 15 is 0 Å². The molecule has 32 heavy (non-hydrogen) atoms.